The van der Waals surface area contributed by atoms with Crippen LogP contribution >= 0.6 is 0 Å². The molecule has 2 aliphatic heterocycles. The average Bonchev–Trinajstić information content (AvgIpc) is 3.13. The molecule has 4 rings (SSSR count). The van der Waals surface area contributed by atoms with Crippen LogP contribution in [0.1, 0.15) is 40.0 Å². The number of aliphatic hydroxyl groups excluding tert-OH is 1. The Hall–Kier alpha value is -2.35. The van der Waals surface area contributed by atoms with Gasteiger partial charge in [0.1, 0.15) is 11.7 Å². The number of rotatable bonds is 5. The van der Waals surface area contributed by atoms with E-state index in [0.29, 0.717) is 24.8 Å². The fourth-order valence-corrected chi connectivity index (χ4v) is 5.46. The summed E-state index contributed by atoms with van der Waals surface area (Å²) in [7, 11) is 0. The number of esters is 3. The summed E-state index contributed by atoms with van der Waals surface area (Å²) in [6.07, 6.45) is 0.800. The van der Waals surface area contributed by atoms with Gasteiger partial charge in [-0.25, -0.2) is 4.79 Å². The summed E-state index contributed by atoms with van der Waals surface area (Å²) in [5.41, 5.74) is -0.0185. The zero-order valence-corrected chi connectivity index (χ0v) is 17.5. The molecular weight excluding hydrogens is 392 g/mol. The van der Waals surface area contributed by atoms with Crippen LogP contribution in [0.15, 0.2) is 24.0 Å². The number of fused-ring (bicyclic) bond motifs is 1. The maximum absolute atomic E-state index is 12.7. The zero-order chi connectivity index (χ0) is 21.8. The molecule has 30 heavy (non-hydrogen) atoms. The molecule has 8 atom stereocenters. The molecule has 0 aromatic rings. The highest BCUT2D eigenvalue weighted by molar-refractivity contribution is 5.91. The minimum Gasteiger partial charge on any atom is -0.492 e. The second-order valence-corrected chi connectivity index (χ2v) is 8.79. The van der Waals surface area contributed by atoms with E-state index in [9.17, 15) is 19.5 Å². The molecule has 1 saturated heterocycles. The molecular formula is C22H28O8. The van der Waals surface area contributed by atoms with Gasteiger partial charge >= 0.3 is 17.9 Å². The topological polar surface area (TPSA) is 108 Å². The largest absolute Gasteiger partial charge is 0.492 e. The lowest BCUT2D eigenvalue weighted by molar-refractivity contribution is -0.172. The van der Waals surface area contributed by atoms with Gasteiger partial charge in [-0.3, -0.25) is 9.59 Å². The van der Waals surface area contributed by atoms with E-state index >= 15 is 0 Å². The van der Waals surface area contributed by atoms with Gasteiger partial charge in [0.05, 0.1) is 24.7 Å². The Morgan fingerprint density at radius 3 is 2.77 bits per heavy atom. The van der Waals surface area contributed by atoms with Crippen LogP contribution in [0.2, 0.25) is 0 Å². The first-order valence-electron chi connectivity index (χ1n) is 10.5. The maximum atomic E-state index is 12.7. The summed E-state index contributed by atoms with van der Waals surface area (Å²) in [5, 5.41) is 10.2. The van der Waals surface area contributed by atoms with Gasteiger partial charge in [0, 0.05) is 24.0 Å². The number of carbonyl (C=O) groups excluding carboxylic acids is 3. The molecule has 2 aliphatic carbocycles. The van der Waals surface area contributed by atoms with Gasteiger partial charge in [-0.15, -0.1) is 0 Å². The van der Waals surface area contributed by atoms with Crippen molar-refractivity contribution >= 4 is 17.9 Å². The summed E-state index contributed by atoms with van der Waals surface area (Å²) in [6, 6.07) is 0. The first-order chi connectivity index (χ1) is 14.2. The Bertz CT molecular complexity index is 816. The standard InChI is InChI=1S/C22H28O8/c1-5-10(2)20(25)30-19-15-11(3)21(26)29-18(15)16-13-6-7-22(16,9-23)27-8-14(13)17(19)28-12(4)24/h8,10,13,15-19,23H,3,5-7,9H2,1-2,4H3/t10-,13+,15-,16+,17+,18+,19+,22-/m1/s1. The Morgan fingerprint density at radius 2 is 2.13 bits per heavy atom. The fraction of sp³-hybridized carbons (Fsp3) is 0.682. The van der Waals surface area contributed by atoms with Crippen LogP contribution in [0.25, 0.3) is 0 Å². The van der Waals surface area contributed by atoms with Crippen molar-refractivity contribution in [2.75, 3.05) is 6.61 Å². The van der Waals surface area contributed by atoms with Gasteiger partial charge in [0.2, 0.25) is 0 Å². The molecule has 0 aromatic carbocycles. The SMILES string of the molecule is C=C1C(=O)O[C@H]2[C@@H]1[C@H](OC(=O)[C@H](C)CC)[C@@H](OC(C)=O)C1=CO[C@@]3(CO)CC[C@@H]1[C@@H]23. The van der Waals surface area contributed by atoms with Gasteiger partial charge in [0.25, 0.3) is 0 Å². The number of hydrogen-bond acceptors (Lipinski definition) is 8. The average molecular weight is 420 g/mol. The molecule has 2 heterocycles. The first-order valence-corrected chi connectivity index (χ1v) is 10.5. The van der Waals surface area contributed by atoms with Crippen LogP contribution in [-0.2, 0) is 33.3 Å². The quantitative estimate of drug-likeness (QED) is 0.406. The highest BCUT2D eigenvalue weighted by atomic mass is 16.6. The highest BCUT2D eigenvalue weighted by Crippen LogP contribution is 2.59. The van der Waals surface area contributed by atoms with Crippen molar-refractivity contribution in [1.82, 2.24) is 0 Å². The fourth-order valence-electron chi connectivity index (χ4n) is 5.46. The normalized spacial score (nSPS) is 39.8. The van der Waals surface area contributed by atoms with E-state index in [1.807, 2.05) is 6.92 Å². The molecule has 3 fully saturated rings. The van der Waals surface area contributed by atoms with Crippen molar-refractivity contribution in [3.8, 4) is 0 Å². The van der Waals surface area contributed by atoms with Crippen molar-refractivity contribution in [2.45, 2.75) is 63.9 Å². The van der Waals surface area contributed by atoms with Gasteiger partial charge in [0.15, 0.2) is 12.2 Å². The molecule has 8 nitrogen and oxygen atoms in total. The third-order valence-corrected chi connectivity index (χ3v) is 7.20. The zero-order valence-electron chi connectivity index (χ0n) is 17.5. The van der Waals surface area contributed by atoms with E-state index < -0.39 is 47.7 Å². The number of hydrogen-bond donors (Lipinski definition) is 1. The molecule has 1 N–H and O–H groups in total. The van der Waals surface area contributed by atoms with Gasteiger partial charge in [-0.2, -0.15) is 0 Å². The van der Waals surface area contributed by atoms with Crippen LogP contribution in [0.5, 0.6) is 0 Å². The van der Waals surface area contributed by atoms with Crippen molar-refractivity contribution in [1.29, 1.82) is 0 Å². The van der Waals surface area contributed by atoms with E-state index in [4.69, 9.17) is 18.9 Å². The second-order valence-electron chi connectivity index (χ2n) is 8.79. The number of aliphatic hydroxyl groups is 1. The van der Waals surface area contributed by atoms with Crippen LogP contribution in [0.4, 0.5) is 0 Å². The van der Waals surface area contributed by atoms with Crippen molar-refractivity contribution in [3.63, 3.8) is 0 Å². The van der Waals surface area contributed by atoms with Gasteiger partial charge in [-0.1, -0.05) is 20.4 Å². The maximum Gasteiger partial charge on any atom is 0.334 e. The minimum absolute atomic E-state index is 0.131. The number of carbonyl (C=O) groups is 3. The van der Waals surface area contributed by atoms with Crippen molar-refractivity contribution < 1.29 is 38.4 Å². The Balaban J connectivity index is 1.84. The van der Waals surface area contributed by atoms with E-state index in [1.54, 1.807) is 6.92 Å². The van der Waals surface area contributed by atoms with Crippen molar-refractivity contribution in [2.24, 2.45) is 23.7 Å². The molecule has 0 unspecified atom stereocenters. The summed E-state index contributed by atoms with van der Waals surface area (Å²) >= 11 is 0. The van der Waals surface area contributed by atoms with Crippen LogP contribution in [-0.4, -0.2) is 53.5 Å². The molecule has 164 valence electrons. The molecule has 0 spiro atoms. The molecule has 4 aliphatic rings. The van der Waals surface area contributed by atoms with Gasteiger partial charge < -0.3 is 24.1 Å². The molecule has 0 amide bonds. The minimum atomic E-state index is -0.964. The third kappa shape index (κ3) is 2.95. The van der Waals surface area contributed by atoms with Gasteiger partial charge in [-0.05, 0) is 25.2 Å². The van der Waals surface area contributed by atoms with Crippen molar-refractivity contribution in [3.05, 3.63) is 24.0 Å². The highest BCUT2D eigenvalue weighted by Gasteiger charge is 2.67. The summed E-state index contributed by atoms with van der Waals surface area (Å²) in [5.74, 6) is -3.07. The third-order valence-electron chi connectivity index (χ3n) is 7.20. The van der Waals surface area contributed by atoms with Crippen LogP contribution in [0.3, 0.4) is 0 Å². The Labute approximate surface area is 175 Å². The lowest BCUT2D eigenvalue weighted by Gasteiger charge is -2.41. The molecule has 0 aromatic heterocycles. The summed E-state index contributed by atoms with van der Waals surface area (Å²) in [4.78, 5) is 37.2. The number of ether oxygens (including phenoxy) is 4. The second kappa shape index (κ2) is 7.41. The monoisotopic (exact) mass is 420 g/mol. The first kappa shape index (κ1) is 20.9. The molecule has 2 saturated carbocycles. The van der Waals surface area contributed by atoms with E-state index in [1.165, 1.54) is 13.2 Å². The Morgan fingerprint density at radius 1 is 1.40 bits per heavy atom. The molecule has 4 bridgehead atoms. The van der Waals surface area contributed by atoms with Crippen LogP contribution in [0, 0.1) is 23.7 Å². The smallest absolute Gasteiger partial charge is 0.334 e. The van der Waals surface area contributed by atoms with E-state index in [-0.39, 0.29) is 29.9 Å². The predicted molar refractivity (Wildman–Crippen MR) is 103 cm³/mol. The molecule has 0 radical (unpaired) electrons. The predicted octanol–water partition coefficient (Wildman–Crippen LogP) is 1.66. The van der Waals surface area contributed by atoms with Crippen LogP contribution < -0.4 is 0 Å². The lowest BCUT2D eigenvalue weighted by atomic mass is 9.75. The lowest BCUT2D eigenvalue weighted by Crippen LogP contribution is -2.50. The Kier molecular flexibility index (Phi) is 5.16. The molecule has 8 heteroatoms. The summed E-state index contributed by atoms with van der Waals surface area (Å²) in [6.45, 7) is 8.58. The summed E-state index contributed by atoms with van der Waals surface area (Å²) < 4.78 is 23.3. The van der Waals surface area contributed by atoms with E-state index in [0.717, 1.165) is 0 Å². The van der Waals surface area contributed by atoms with E-state index in [2.05, 4.69) is 6.58 Å².